The number of nitrogens with zero attached hydrogens (tertiary/aromatic N) is 2. The summed E-state index contributed by atoms with van der Waals surface area (Å²) in [5, 5.41) is 19.1. The topological polar surface area (TPSA) is 84.3 Å². The van der Waals surface area contributed by atoms with Gasteiger partial charge < -0.3 is 20.5 Å². The first-order valence-corrected chi connectivity index (χ1v) is 4.19. The van der Waals surface area contributed by atoms with Crippen molar-refractivity contribution < 1.29 is 10.2 Å². The molecule has 0 fully saturated rings. The van der Waals surface area contributed by atoms with Crippen LogP contribution in [0.4, 0.5) is 0 Å². The minimum absolute atomic E-state index is 0.357. The van der Waals surface area contributed by atoms with Crippen LogP contribution in [0.25, 0.3) is 0 Å². The molecule has 1 heterocycles. The van der Waals surface area contributed by atoms with Crippen LogP contribution in [0.2, 0.25) is 0 Å². The Kier molecular flexibility index (Phi) is 3.41. The Labute approximate surface area is 76.8 Å². The van der Waals surface area contributed by atoms with Crippen LogP contribution in [0.3, 0.4) is 0 Å². The fraction of sp³-hybridized carbons (Fsp3) is 0.625. The standard InChI is InChI=1S/C8H15N3O2/c1-11-5-10-4-6(11)8(13)7(12)2-3-9/h4-5,7-8,12-13H,2-3,9H2,1H3. The molecule has 0 amide bonds. The molecule has 0 radical (unpaired) electrons. The van der Waals surface area contributed by atoms with Gasteiger partial charge in [0.1, 0.15) is 6.10 Å². The summed E-state index contributed by atoms with van der Waals surface area (Å²) in [5.74, 6) is 0. The molecule has 0 saturated heterocycles. The Balaban J connectivity index is 2.67. The van der Waals surface area contributed by atoms with Crippen molar-refractivity contribution >= 4 is 0 Å². The molecule has 2 atom stereocenters. The van der Waals surface area contributed by atoms with E-state index < -0.39 is 12.2 Å². The Bertz CT molecular complexity index is 262. The van der Waals surface area contributed by atoms with Crippen molar-refractivity contribution in [2.75, 3.05) is 6.54 Å². The number of imidazole rings is 1. The van der Waals surface area contributed by atoms with Crippen molar-refractivity contribution in [3.63, 3.8) is 0 Å². The summed E-state index contributed by atoms with van der Waals surface area (Å²) in [6.07, 6.45) is 1.77. The first-order valence-electron chi connectivity index (χ1n) is 4.19. The summed E-state index contributed by atoms with van der Waals surface area (Å²) in [4.78, 5) is 3.85. The molecule has 0 aliphatic carbocycles. The van der Waals surface area contributed by atoms with E-state index in [9.17, 15) is 10.2 Å². The SMILES string of the molecule is Cn1cncc1C(O)C(O)CCN. The molecule has 2 unspecified atom stereocenters. The average Bonchev–Trinajstić information content (AvgIpc) is 2.50. The molecule has 13 heavy (non-hydrogen) atoms. The quantitative estimate of drug-likeness (QED) is 0.571. The van der Waals surface area contributed by atoms with Crippen LogP contribution >= 0.6 is 0 Å². The fourth-order valence-corrected chi connectivity index (χ4v) is 1.18. The molecule has 74 valence electrons. The van der Waals surface area contributed by atoms with E-state index in [1.807, 2.05) is 0 Å². The zero-order valence-electron chi connectivity index (χ0n) is 7.59. The van der Waals surface area contributed by atoms with E-state index in [1.165, 1.54) is 6.20 Å². The van der Waals surface area contributed by atoms with Gasteiger partial charge in [-0.25, -0.2) is 4.98 Å². The zero-order chi connectivity index (χ0) is 9.84. The summed E-state index contributed by atoms with van der Waals surface area (Å²) < 4.78 is 1.67. The Morgan fingerprint density at radius 1 is 1.62 bits per heavy atom. The maximum absolute atomic E-state index is 9.62. The number of nitrogens with two attached hydrogens (primary N) is 1. The minimum atomic E-state index is -0.906. The van der Waals surface area contributed by atoms with E-state index in [1.54, 1.807) is 17.9 Å². The minimum Gasteiger partial charge on any atom is -0.390 e. The number of aryl methyl sites for hydroxylation is 1. The van der Waals surface area contributed by atoms with E-state index in [0.29, 0.717) is 18.7 Å². The van der Waals surface area contributed by atoms with E-state index in [4.69, 9.17) is 5.73 Å². The lowest BCUT2D eigenvalue weighted by Gasteiger charge is -2.16. The van der Waals surface area contributed by atoms with Gasteiger partial charge in [0.25, 0.3) is 0 Å². The maximum Gasteiger partial charge on any atom is 0.121 e. The third-order valence-electron chi connectivity index (χ3n) is 1.98. The Hall–Kier alpha value is -0.910. The Morgan fingerprint density at radius 3 is 2.77 bits per heavy atom. The lowest BCUT2D eigenvalue weighted by atomic mass is 10.1. The number of aliphatic hydroxyl groups excluding tert-OH is 2. The molecule has 0 aliphatic rings. The summed E-state index contributed by atoms with van der Waals surface area (Å²) in [6, 6.07) is 0. The van der Waals surface area contributed by atoms with Crippen LogP contribution in [0, 0.1) is 0 Å². The first kappa shape index (κ1) is 10.2. The first-order chi connectivity index (χ1) is 6.16. The highest BCUT2D eigenvalue weighted by molar-refractivity contribution is 5.03. The monoisotopic (exact) mass is 185 g/mol. The molecule has 4 N–H and O–H groups in total. The van der Waals surface area contributed by atoms with Crippen LogP contribution in [-0.4, -0.2) is 32.4 Å². The second-order valence-corrected chi connectivity index (χ2v) is 3.02. The van der Waals surface area contributed by atoms with Gasteiger partial charge in [0, 0.05) is 7.05 Å². The largest absolute Gasteiger partial charge is 0.390 e. The lowest BCUT2D eigenvalue weighted by Crippen LogP contribution is -2.23. The van der Waals surface area contributed by atoms with E-state index >= 15 is 0 Å². The second kappa shape index (κ2) is 4.36. The summed E-state index contributed by atoms with van der Waals surface area (Å²) in [7, 11) is 1.76. The molecule has 0 aromatic carbocycles. The van der Waals surface area contributed by atoms with Crippen LogP contribution < -0.4 is 5.73 Å². The number of hydrogen-bond donors (Lipinski definition) is 3. The van der Waals surface area contributed by atoms with Gasteiger partial charge in [-0.15, -0.1) is 0 Å². The highest BCUT2D eigenvalue weighted by atomic mass is 16.3. The number of rotatable bonds is 4. The summed E-state index contributed by atoms with van der Waals surface area (Å²) in [6.45, 7) is 0.357. The van der Waals surface area contributed by atoms with Gasteiger partial charge in [-0.3, -0.25) is 0 Å². The lowest BCUT2D eigenvalue weighted by molar-refractivity contribution is 0.0109. The molecule has 5 heteroatoms. The zero-order valence-corrected chi connectivity index (χ0v) is 7.59. The number of aliphatic hydroxyl groups is 2. The van der Waals surface area contributed by atoms with E-state index in [-0.39, 0.29) is 0 Å². The molecular weight excluding hydrogens is 170 g/mol. The smallest absolute Gasteiger partial charge is 0.121 e. The number of aromatic nitrogens is 2. The van der Waals surface area contributed by atoms with Crippen LogP contribution in [0.1, 0.15) is 18.2 Å². The summed E-state index contributed by atoms with van der Waals surface area (Å²) in [5.41, 5.74) is 5.86. The van der Waals surface area contributed by atoms with Gasteiger partial charge in [0.05, 0.1) is 24.3 Å². The highest BCUT2D eigenvalue weighted by Gasteiger charge is 2.19. The van der Waals surface area contributed by atoms with Crippen LogP contribution in [0.5, 0.6) is 0 Å². The van der Waals surface area contributed by atoms with Crippen molar-refractivity contribution in [3.05, 3.63) is 18.2 Å². The average molecular weight is 185 g/mol. The van der Waals surface area contributed by atoms with Gasteiger partial charge in [0.15, 0.2) is 0 Å². The van der Waals surface area contributed by atoms with Gasteiger partial charge in [-0.05, 0) is 13.0 Å². The van der Waals surface area contributed by atoms with Crippen molar-refractivity contribution in [1.29, 1.82) is 0 Å². The van der Waals surface area contributed by atoms with Crippen molar-refractivity contribution in [2.24, 2.45) is 12.8 Å². The van der Waals surface area contributed by atoms with Crippen LogP contribution in [-0.2, 0) is 7.05 Å². The third-order valence-corrected chi connectivity index (χ3v) is 1.98. The predicted octanol–water partition coefficient (Wildman–Crippen LogP) is -0.837. The van der Waals surface area contributed by atoms with Crippen molar-refractivity contribution in [2.45, 2.75) is 18.6 Å². The fourth-order valence-electron chi connectivity index (χ4n) is 1.18. The maximum atomic E-state index is 9.62. The molecule has 5 nitrogen and oxygen atoms in total. The van der Waals surface area contributed by atoms with E-state index in [0.717, 1.165) is 0 Å². The third kappa shape index (κ3) is 2.27. The van der Waals surface area contributed by atoms with Gasteiger partial charge >= 0.3 is 0 Å². The van der Waals surface area contributed by atoms with Gasteiger partial charge in [-0.2, -0.15) is 0 Å². The van der Waals surface area contributed by atoms with Crippen molar-refractivity contribution in [1.82, 2.24) is 9.55 Å². The normalized spacial score (nSPS) is 15.7. The molecule has 1 rings (SSSR count). The Morgan fingerprint density at radius 2 is 2.31 bits per heavy atom. The number of hydrogen-bond acceptors (Lipinski definition) is 4. The van der Waals surface area contributed by atoms with Crippen molar-refractivity contribution in [3.8, 4) is 0 Å². The molecule has 0 saturated carbocycles. The highest BCUT2D eigenvalue weighted by Crippen LogP contribution is 2.16. The predicted molar refractivity (Wildman–Crippen MR) is 47.8 cm³/mol. The van der Waals surface area contributed by atoms with E-state index in [2.05, 4.69) is 4.98 Å². The summed E-state index contributed by atoms with van der Waals surface area (Å²) >= 11 is 0. The van der Waals surface area contributed by atoms with Gasteiger partial charge in [0.2, 0.25) is 0 Å². The molecule has 1 aromatic rings. The molecule has 0 spiro atoms. The molecule has 1 aromatic heterocycles. The van der Waals surface area contributed by atoms with Crippen LogP contribution in [0.15, 0.2) is 12.5 Å². The molecular formula is C8H15N3O2. The molecule has 0 aliphatic heterocycles. The second-order valence-electron chi connectivity index (χ2n) is 3.02. The molecule has 0 bridgehead atoms. The van der Waals surface area contributed by atoms with Gasteiger partial charge in [-0.1, -0.05) is 0 Å².